The molecule has 0 bridgehead atoms. The molecule has 0 amide bonds. The second kappa shape index (κ2) is 13.3. The molecule has 0 atom stereocenters. The summed E-state index contributed by atoms with van der Waals surface area (Å²) < 4.78 is 4.85. The van der Waals surface area contributed by atoms with Gasteiger partial charge in [0, 0.05) is 6.42 Å². The van der Waals surface area contributed by atoms with Crippen molar-refractivity contribution in [2.45, 2.75) is 71.6 Å². The van der Waals surface area contributed by atoms with Crippen molar-refractivity contribution in [2.75, 3.05) is 6.61 Å². The van der Waals surface area contributed by atoms with Gasteiger partial charge in [0.05, 0.1) is 6.61 Å². The van der Waals surface area contributed by atoms with E-state index in [4.69, 9.17) is 4.74 Å². The van der Waals surface area contributed by atoms with Crippen LogP contribution in [0, 0.1) is 0 Å². The molecule has 0 rings (SSSR count). The summed E-state index contributed by atoms with van der Waals surface area (Å²) in [6, 6.07) is 0. The number of unbranched alkanes of at least 4 members (excludes halogenated alkanes) is 6. The zero-order valence-electron chi connectivity index (χ0n) is 11.5. The molecule has 0 aliphatic heterocycles. The minimum absolute atomic E-state index is 0.0864. The summed E-state index contributed by atoms with van der Waals surface area (Å²) in [7, 11) is 0. The smallest absolute Gasteiger partial charge is 0.306 e. The van der Waals surface area contributed by atoms with Crippen molar-refractivity contribution in [1.82, 2.24) is 0 Å². The maximum absolute atomic E-state index is 11.0. The molecule has 0 saturated carbocycles. The van der Waals surface area contributed by atoms with Crippen LogP contribution >= 0.6 is 0 Å². The second-order valence-corrected chi connectivity index (χ2v) is 4.37. The number of carbonyl (C=O) groups is 1. The van der Waals surface area contributed by atoms with E-state index < -0.39 is 0 Å². The van der Waals surface area contributed by atoms with Gasteiger partial charge in [-0.05, 0) is 26.2 Å². The highest BCUT2D eigenvalue weighted by Crippen LogP contribution is 2.07. The van der Waals surface area contributed by atoms with Crippen LogP contribution in [0.5, 0.6) is 0 Å². The first kappa shape index (κ1) is 16.2. The number of ether oxygens (including phenoxy) is 1. The van der Waals surface area contributed by atoms with Crippen LogP contribution in [0.15, 0.2) is 12.2 Å². The van der Waals surface area contributed by atoms with Gasteiger partial charge in [0.25, 0.3) is 0 Å². The predicted octanol–water partition coefficient (Wildman–Crippen LogP) is 4.64. The van der Waals surface area contributed by atoms with Crippen molar-refractivity contribution in [3.8, 4) is 0 Å². The van der Waals surface area contributed by atoms with E-state index in [1.165, 1.54) is 38.5 Å². The van der Waals surface area contributed by atoms with Crippen molar-refractivity contribution in [2.24, 2.45) is 0 Å². The van der Waals surface area contributed by atoms with Gasteiger partial charge in [-0.25, -0.2) is 0 Å². The van der Waals surface area contributed by atoms with Crippen molar-refractivity contribution < 1.29 is 9.53 Å². The Morgan fingerprint density at radius 3 is 2.29 bits per heavy atom. The zero-order chi connectivity index (χ0) is 12.8. The molecule has 0 aliphatic carbocycles. The third kappa shape index (κ3) is 13.1. The SMILES string of the molecule is CCCCCCCC/C=C/CCC(=O)OCC. The number of hydrogen-bond acceptors (Lipinski definition) is 2. The molecule has 2 heteroatoms. The highest BCUT2D eigenvalue weighted by Gasteiger charge is 1.97. The largest absolute Gasteiger partial charge is 0.466 e. The van der Waals surface area contributed by atoms with Gasteiger partial charge in [-0.15, -0.1) is 0 Å². The Balaban J connectivity index is 3.17. The third-order valence-electron chi connectivity index (χ3n) is 2.71. The molecule has 0 aromatic heterocycles. The molecule has 0 unspecified atom stereocenters. The van der Waals surface area contributed by atoms with Crippen LogP contribution in [0.1, 0.15) is 71.6 Å². The zero-order valence-corrected chi connectivity index (χ0v) is 11.5. The van der Waals surface area contributed by atoms with E-state index in [1.54, 1.807) is 0 Å². The normalized spacial score (nSPS) is 10.9. The molecular formula is C15H28O2. The molecule has 0 radical (unpaired) electrons. The number of allylic oxidation sites excluding steroid dienone is 2. The highest BCUT2D eigenvalue weighted by molar-refractivity contribution is 5.69. The Bertz CT molecular complexity index is 197. The molecule has 2 nitrogen and oxygen atoms in total. The van der Waals surface area contributed by atoms with Gasteiger partial charge in [0.15, 0.2) is 0 Å². The van der Waals surface area contributed by atoms with Gasteiger partial charge >= 0.3 is 5.97 Å². The first-order valence-electron chi connectivity index (χ1n) is 7.11. The Morgan fingerprint density at radius 1 is 0.941 bits per heavy atom. The van der Waals surface area contributed by atoms with Crippen LogP contribution in [0.25, 0.3) is 0 Å². The summed E-state index contributed by atoms with van der Waals surface area (Å²) in [6.45, 7) is 4.57. The molecule has 0 N–H and O–H groups in total. The van der Waals surface area contributed by atoms with Crippen molar-refractivity contribution >= 4 is 5.97 Å². The average molecular weight is 240 g/mol. The van der Waals surface area contributed by atoms with Gasteiger partial charge < -0.3 is 4.74 Å². The van der Waals surface area contributed by atoms with Crippen LogP contribution in [0.3, 0.4) is 0 Å². The number of carbonyl (C=O) groups excluding carboxylic acids is 1. The topological polar surface area (TPSA) is 26.3 Å². The van der Waals surface area contributed by atoms with E-state index in [2.05, 4.69) is 19.1 Å². The quantitative estimate of drug-likeness (QED) is 0.299. The van der Waals surface area contributed by atoms with Crippen LogP contribution in [-0.2, 0) is 9.53 Å². The van der Waals surface area contributed by atoms with E-state index in [9.17, 15) is 4.79 Å². The Morgan fingerprint density at radius 2 is 1.59 bits per heavy atom. The lowest BCUT2D eigenvalue weighted by atomic mass is 10.1. The highest BCUT2D eigenvalue weighted by atomic mass is 16.5. The summed E-state index contributed by atoms with van der Waals surface area (Å²) in [5.74, 6) is -0.0864. The van der Waals surface area contributed by atoms with Crippen LogP contribution in [-0.4, -0.2) is 12.6 Å². The van der Waals surface area contributed by atoms with E-state index in [0.717, 1.165) is 12.8 Å². The van der Waals surface area contributed by atoms with E-state index >= 15 is 0 Å². The molecule has 0 spiro atoms. The maximum Gasteiger partial charge on any atom is 0.306 e. The minimum atomic E-state index is -0.0864. The van der Waals surface area contributed by atoms with Gasteiger partial charge in [-0.1, -0.05) is 51.2 Å². The molecule has 0 heterocycles. The molecular weight excluding hydrogens is 212 g/mol. The summed E-state index contributed by atoms with van der Waals surface area (Å²) in [5, 5.41) is 0. The molecule has 0 fully saturated rings. The van der Waals surface area contributed by atoms with Crippen molar-refractivity contribution in [3.63, 3.8) is 0 Å². The summed E-state index contributed by atoms with van der Waals surface area (Å²) in [4.78, 5) is 11.0. The van der Waals surface area contributed by atoms with E-state index in [-0.39, 0.29) is 5.97 Å². The molecule has 17 heavy (non-hydrogen) atoms. The fourth-order valence-electron chi connectivity index (χ4n) is 1.71. The number of hydrogen-bond donors (Lipinski definition) is 0. The van der Waals surface area contributed by atoms with E-state index in [0.29, 0.717) is 13.0 Å². The van der Waals surface area contributed by atoms with Crippen molar-refractivity contribution in [1.29, 1.82) is 0 Å². The molecule has 0 aliphatic rings. The predicted molar refractivity (Wildman–Crippen MR) is 73.0 cm³/mol. The minimum Gasteiger partial charge on any atom is -0.466 e. The first-order chi connectivity index (χ1) is 8.31. The summed E-state index contributed by atoms with van der Waals surface area (Å²) in [5.41, 5.74) is 0. The van der Waals surface area contributed by atoms with Crippen molar-refractivity contribution in [3.05, 3.63) is 12.2 Å². The second-order valence-electron chi connectivity index (χ2n) is 4.37. The summed E-state index contributed by atoms with van der Waals surface area (Å²) in [6.07, 6.45) is 14.8. The fourth-order valence-corrected chi connectivity index (χ4v) is 1.71. The Kier molecular flexibility index (Phi) is 12.7. The van der Waals surface area contributed by atoms with Crippen LogP contribution in [0.4, 0.5) is 0 Å². The molecule has 0 saturated heterocycles. The van der Waals surface area contributed by atoms with Gasteiger partial charge in [0.1, 0.15) is 0 Å². The summed E-state index contributed by atoms with van der Waals surface area (Å²) >= 11 is 0. The van der Waals surface area contributed by atoms with Gasteiger partial charge in [0.2, 0.25) is 0 Å². The molecule has 0 aromatic rings. The fraction of sp³-hybridized carbons (Fsp3) is 0.800. The van der Waals surface area contributed by atoms with E-state index in [1.807, 2.05) is 6.92 Å². The maximum atomic E-state index is 11.0. The standard InChI is InChI=1S/C15H28O2/c1-3-5-6-7-8-9-10-11-12-13-14-15(16)17-4-2/h11-12H,3-10,13-14H2,1-2H3/b12-11+. The van der Waals surface area contributed by atoms with Gasteiger partial charge in [-0.2, -0.15) is 0 Å². The Labute approximate surface area is 106 Å². The van der Waals surface area contributed by atoms with Crippen LogP contribution < -0.4 is 0 Å². The lowest BCUT2D eigenvalue weighted by Crippen LogP contribution is -2.02. The average Bonchev–Trinajstić information content (AvgIpc) is 2.32. The number of esters is 1. The lowest BCUT2D eigenvalue weighted by Gasteiger charge is -1.99. The molecule has 0 aromatic carbocycles. The number of rotatable bonds is 11. The first-order valence-corrected chi connectivity index (χ1v) is 7.11. The third-order valence-corrected chi connectivity index (χ3v) is 2.71. The molecule has 100 valence electrons. The lowest BCUT2D eigenvalue weighted by molar-refractivity contribution is -0.142. The Hall–Kier alpha value is -0.790. The monoisotopic (exact) mass is 240 g/mol. The van der Waals surface area contributed by atoms with Crippen LogP contribution in [0.2, 0.25) is 0 Å². The van der Waals surface area contributed by atoms with Gasteiger partial charge in [-0.3, -0.25) is 4.79 Å².